The van der Waals surface area contributed by atoms with E-state index >= 15 is 0 Å². The first kappa shape index (κ1) is 28.8. The molecule has 11 nitrogen and oxygen atoms in total. The van der Waals surface area contributed by atoms with Crippen LogP contribution >= 0.6 is 0 Å². The Bertz CT molecular complexity index is 2640. The molecule has 0 amide bonds. The Morgan fingerprint density at radius 3 is 1.41 bits per heavy atom. The molecule has 0 spiro atoms. The van der Waals surface area contributed by atoms with E-state index in [1.807, 2.05) is 79.4 Å². The maximum Gasteiger partial charge on any atom is 0.239 e. The minimum atomic E-state index is 0.527. The number of hydrogen-bond donors (Lipinski definition) is 2. The Kier molecular flexibility index (Phi) is 6.34. The molecule has 10 aromatic rings. The van der Waals surface area contributed by atoms with Crippen LogP contribution in [-0.2, 0) is 14.1 Å². The van der Waals surface area contributed by atoms with Crippen LogP contribution in [0.25, 0.3) is 61.7 Å². The SMILES string of the molecule is Cn1cccc1Nc1cn(-c2ccccc2)cc1-c1nc2ncnc3nc(-c4cn(-c5ccccc5)cc4Nc4cccn4C)c4ccc1c4n23. The van der Waals surface area contributed by atoms with Crippen LogP contribution in [0.3, 0.4) is 0 Å². The number of rotatable bonds is 8. The van der Waals surface area contributed by atoms with Gasteiger partial charge < -0.3 is 28.9 Å². The Morgan fingerprint density at radius 2 is 0.980 bits per heavy atom. The minimum absolute atomic E-state index is 0.527. The molecule has 51 heavy (non-hydrogen) atoms. The molecule has 11 heteroatoms. The number of para-hydroxylation sites is 2. The summed E-state index contributed by atoms with van der Waals surface area (Å²) in [5.41, 5.74) is 8.45. The maximum atomic E-state index is 5.18. The lowest BCUT2D eigenvalue weighted by Crippen LogP contribution is -2.06. The molecular formula is C40H31N11. The van der Waals surface area contributed by atoms with Crippen molar-refractivity contribution in [3.8, 4) is 33.9 Å². The third-order valence-corrected chi connectivity index (χ3v) is 9.52. The molecule has 0 unspecified atom stereocenters. The maximum absolute atomic E-state index is 5.18. The molecule has 7 aromatic heterocycles. The Balaban J connectivity index is 1.21. The van der Waals surface area contributed by atoms with Crippen LogP contribution in [-0.4, -0.2) is 42.6 Å². The van der Waals surface area contributed by atoms with E-state index in [2.05, 4.69) is 112 Å². The van der Waals surface area contributed by atoms with Crippen molar-refractivity contribution in [2.75, 3.05) is 10.6 Å². The highest BCUT2D eigenvalue weighted by molar-refractivity contribution is 6.12. The summed E-state index contributed by atoms with van der Waals surface area (Å²) in [7, 11) is 4.06. The topological polar surface area (TPSA) is 99.8 Å². The molecule has 0 radical (unpaired) electrons. The van der Waals surface area contributed by atoms with Gasteiger partial charge in [0.05, 0.1) is 28.3 Å². The van der Waals surface area contributed by atoms with E-state index in [1.54, 1.807) is 6.33 Å². The van der Waals surface area contributed by atoms with Crippen molar-refractivity contribution in [3.63, 3.8) is 0 Å². The number of anilines is 4. The molecule has 246 valence electrons. The summed E-state index contributed by atoms with van der Waals surface area (Å²) in [4.78, 5) is 19.7. The standard InChI is InChI=1S/C40H31N11/c1-47-19-9-15-34(47)43-32-23-49(26-11-5-3-6-12-26)21-30(32)36-28-17-18-29-37(46-40-42-25-41-39(45-36)51(40)38(28)29)31-22-50(27-13-7-4-8-14-27)24-33(31)44-35-16-10-20-48(35)2/h3-25,43-44H,1-2H3. The number of aromatic nitrogens is 9. The van der Waals surface area contributed by atoms with Crippen molar-refractivity contribution in [2.24, 2.45) is 14.1 Å². The van der Waals surface area contributed by atoms with Crippen molar-refractivity contribution in [1.82, 2.24) is 42.6 Å². The largest absolute Gasteiger partial charge is 0.340 e. The summed E-state index contributed by atoms with van der Waals surface area (Å²) in [6.45, 7) is 0. The van der Waals surface area contributed by atoms with Gasteiger partial charge in [0.2, 0.25) is 11.6 Å². The van der Waals surface area contributed by atoms with Crippen LogP contribution in [0.2, 0.25) is 0 Å². The van der Waals surface area contributed by atoms with Crippen LogP contribution in [0.5, 0.6) is 0 Å². The first-order valence-corrected chi connectivity index (χ1v) is 16.7. The van der Waals surface area contributed by atoms with Gasteiger partial charge in [0.25, 0.3) is 0 Å². The monoisotopic (exact) mass is 665 g/mol. The summed E-state index contributed by atoms with van der Waals surface area (Å²) in [5.74, 6) is 2.99. The highest BCUT2D eigenvalue weighted by atomic mass is 15.2. The first-order valence-electron chi connectivity index (χ1n) is 16.7. The third-order valence-electron chi connectivity index (χ3n) is 9.52. The van der Waals surface area contributed by atoms with Gasteiger partial charge in [-0.2, -0.15) is 0 Å². The van der Waals surface area contributed by atoms with E-state index in [9.17, 15) is 0 Å². The zero-order chi connectivity index (χ0) is 34.1. The van der Waals surface area contributed by atoms with Gasteiger partial charge in [0.15, 0.2) is 0 Å². The van der Waals surface area contributed by atoms with Crippen LogP contribution < -0.4 is 10.6 Å². The molecular weight excluding hydrogens is 635 g/mol. The molecule has 0 atom stereocenters. The Labute approximate surface area is 292 Å². The highest BCUT2D eigenvalue weighted by Gasteiger charge is 2.25. The summed E-state index contributed by atoms with van der Waals surface area (Å²) in [6, 6.07) is 33.1. The fourth-order valence-electron chi connectivity index (χ4n) is 6.96. The van der Waals surface area contributed by atoms with E-state index in [1.165, 1.54) is 0 Å². The van der Waals surface area contributed by atoms with Gasteiger partial charge in [-0.05, 0) is 60.7 Å². The molecule has 0 aliphatic heterocycles. The van der Waals surface area contributed by atoms with Crippen LogP contribution in [0.1, 0.15) is 0 Å². The average molecular weight is 666 g/mol. The van der Waals surface area contributed by atoms with Gasteiger partial charge in [0, 0.05) is 84.6 Å². The van der Waals surface area contributed by atoms with Crippen LogP contribution in [0, 0.1) is 0 Å². The van der Waals surface area contributed by atoms with Crippen molar-refractivity contribution in [3.05, 3.63) is 141 Å². The van der Waals surface area contributed by atoms with Crippen molar-refractivity contribution < 1.29 is 0 Å². The van der Waals surface area contributed by atoms with E-state index in [0.717, 1.165) is 73.2 Å². The number of aryl methyl sites for hydroxylation is 2. The number of hydrogen-bond acceptors (Lipinski definition) is 6. The second-order valence-electron chi connectivity index (χ2n) is 12.7. The number of nitrogens with one attached hydrogen (secondary N) is 2. The Hall–Kier alpha value is -7.14. The number of nitrogens with zero attached hydrogens (tertiary/aromatic N) is 9. The summed E-state index contributed by atoms with van der Waals surface area (Å²) in [6.07, 6.45) is 14.1. The summed E-state index contributed by atoms with van der Waals surface area (Å²) in [5, 5.41) is 9.29. The van der Waals surface area contributed by atoms with Crippen LogP contribution in [0.15, 0.2) is 141 Å². The van der Waals surface area contributed by atoms with Crippen molar-refractivity contribution in [2.45, 2.75) is 0 Å². The fourth-order valence-corrected chi connectivity index (χ4v) is 6.96. The zero-order valence-electron chi connectivity index (χ0n) is 27.8. The normalized spacial score (nSPS) is 11.7. The van der Waals surface area contributed by atoms with Gasteiger partial charge in [-0.1, -0.05) is 36.4 Å². The average Bonchev–Trinajstić information content (AvgIpc) is 4.01. The minimum Gasteiger partial charge on any atom is -0.340 e. The van der Waals surface area contributed by atoms with Crippen molar-refractivity contribution in [1.29, 1.82) is 0 Å². The second-order valence-corrected chi connectivity index (χ2v) is 12.7. The number of benzene rings is 2. The summed E-state index contributed by atoms with van der Waals surface area (Å²) >= 11 is 0. The van der Waals surface area contributed by atoms with Gasteiger partial charge in [0.1, 0.15) is 18.0 Å². The summed E-state index contributed by atoms with van der Waals surface area (Å²) < 4.78 is 10.4. The molecule has 0 aliphatic rings. The van der Waals surface area contributed by atoms with Gasteiger partial charge >= 0.3 is 0 Å². The lowest BCUT2D eigenvalue weighted by Gasteiger charge is -2.14. The second kappa shape index (κ2) is 11.2. The molecule has 0 aliphatic carbocycles. The van der Waals surface area contributed by atoms with Gasteiger partial charge in [-0.3, -0.25) is 0 Å². The molecule has 0 saturated heterocycles. The molecule has 7 heterocycles. The predicted octanol–water partition coefficient (Wildman–Crippen LogP) is 8.34. The third kappa shape index (κ3) is 4.66. The lowest BCUT2D eigenvalue weighted by atomic mass is 10.1. The molecule has 10 rings (SSSR count). The zero-order valence-corrected chi connectivity index (χ0v) is 27.8. The van der Waals surface area contributed by atoms with Crippen LogP contribution in [0.4, 0.5) is 23.0 Å². The van der Waals surface area contributed by atoms with E-state index in [0.29, 0.717) is 11.6 Å². The highest BCUT2D eigenvalue weighted by Crippen LogP contribution is 2.42. The predicted molar refractivity (Wildman–Crippen MR) is 202 cm³/mol. The smallest absolute Gasteiger partial charge is 0.239 e. The molecule has 0 fully saturated rings. The van der Waals surface area contributed by atoms with E-state index in [-0.39, 0.29) is 0 Å². The first-order chi connectivity index (χ1) is 25.1. The van der Waals surface area contributed by atoms with Crippen molar-refractivity contribution >= 4 is 50.9 Å². The molecule has 2 N–H and O–H groups in total. The molecule has 0 saturated carbocycles. The molecule has 0 bridgehead atoms. The van der Waals surface area contributed by atoms with E-state index in [4.69, 9.17) is 9.97 Å². The lowest BCUT2D eigenvalue weighted by molar-refractivity contribution is 0.936. The quantitative estimate of drug-likeness (QED) is 0.169. The van der Waals surface area contributed by atoms with E-state index < -0.39 is 0 Å². The fraction of sp³-hybridized carbons (Fsp3) is 0.0500. The molecule has 3 aromatic carbocycles. The van der Waals surface area contributed by atoms with Gasteiger partial charge in [-0.15, -0.1) is 0 Å². The van der Waals surface area contributed by atoms with Gasteiger partial charge in [-0.25, -0.2) is 24.3 Å². The Morgan fingerprint density at radius 1 is 0.510 bits per heavy atom.